The molecule has 35 heavy (non-hydrogen) atoms. The van der Waals surface area contributed by atoms with Gasteiger partial charge in [0.1, 0.15) is 11.6 Å². The molecule has 1 aliphatic rings. The number of aryl methyl sites for hydroxylation is 1. The maximum absolute atomic E-state index is 13.4. The maximum Gasteiger partial charge on any atom is 0.243 e. The van der Waals surface area contributed by atoms with Gasteiger partial charge in [-0.25, -0.2) is 0 Å². The Morgan fingerprint density at radius 2 is 1.69 bits per heavy atom. The van der Waals surface area contributed by atoms with E-state index in [9.17, 15) is 14.4 Å². The second-order valence-electron chi connectivity index (χ2n) is 9.79. The first-order chi connectivity index (χ1) is 16.7. The van der Waals surface area contributed by atoms with Crippen molar-refractivity contribution in [3.63, 3.8) is 0 Å². The Kier molecular flexibility index (Phi) is 9.12. The number of nitrogens with zero attached hydrogens (tertiary/aromatic N) is 1. The molecule has 1 fully saturated rings. The molecule has 2 heterocycles. The third-order valence-corrected chi connectivity index (χ3v) is 6.13. The highest BCUT2D eigenvalue weighted by Gasteiger charge is 2.50. The summed E-state index contributed by atoms with van der Waals surface area (Å²) in [6.07, 6.45) is 3.41. The molecule has 3 rings (SSSR count). The van der Waals surface area contributed by atoms with Crippen molar-refractivity contribution in [2.45, 2.75) is 70.2 Å². The maximum atomic E-state index is 13.4. The first-order valence-corrected chi connectivity index (χ1v) is 12.2. The first kappa shape index (κ1) is 26.5. The number of ether oxygens (including phenoxy) is 1. The van der Waals surface area contributed by atoms with E-state index in [1.54, 1.807) is 13.1 Å². The Hall–Kier alpha value is -3.10. The number of epoxide rings is 1. The van der Waals surface area contributed by atoms with Crippen LogP contribution in [-0.2, 0) is 32.0 Å². The van der Waals surface area contributed by atoms with Gasteiger partial charge in [-0.1, -0.05) is 50.2 Å². The average Bonchev–Trinajstić information content (AvgIpc) is 3.60. The number of nitrogens with one attached hydrogen (secondary N) is 2. The summed E-state index contributed by atoms with van der Waals surface area (Å²) in [7, 11) is 0. The highest BCUT2D eigenvalue weighted by atomic mass is 16.6. The van der Waals surface area contributed by atoms with Crippen molar-refractivity contribution in [3.05, 3.63) is 66.0 Å². The summed E-state index contributed by atoms with van der Waals surface area (Å²) in [6, 6.07) is 12.7. The highest BCUT2D eigenvalue weighted by molar-refractivity contribution is 5.98. The molecule has 188 valence electrons. The van der Waals surface area contributed by atoms with Crippen LogP contribution in [0.1, 0.15) is 44.9 Å². The van der Waals surface area contributed by atoms with E-state index in [4.69, 9.17) is 10.5 Å². The van der Waals surface area contributed by atoms with Crippen molar-refractivity contribution in [1.29, 1.82) is 0 Å². The molecule has 1 aromatic heterocycles. The minimum Gasteiger partial charge on any atom is -0.361 e. The number of aromatic nitrogens is 1. The molecule has 0 spiro atoms. The molecule has 4 atom stereocenters. The summed E-state index contributed by atoms with van der Waals surface area (Å²) < 4.78 is 5.33. The van der Waals surface area contributed by atoms with Gasteiger partial charge in [-0.15, -0.1) is 0 Å². The van der Waals surface area contributed by atoms with Crippen molar-refractivity contribution >= 4 is 17.6 Å². The van der Waals surface area contributed by atoms with Crippen LogP contribution in [0.15, 0.2) is 54.7 Å². The Labute approximate surface area is 207 Å². The van der Waals surface area contributed by atoms with Crippen LogP contribution in [0, 0.1) is 5.92 Å². The number of hydrogen-bond donors (Lipinski definition) is 3. The van der Waals surface area contributed by atoms with Gasteiger partial charge < -0.3 is 21.1 Å². The zero-order valence-electron chi connectivity index (χ0n) is 20.7. The molecule has 1 unspecified atom stereocenters. The van der Waals surface area contributed by atoms with Crippen molar-refractivity contribution in [2.24, 2.45) is 11.7 Å². The van der Waals surface area contributed by atoms with Gasteiger partial charge in [0.25, 0.3) is 0 Å². The van der Waals surface area contributed by atoms with E-state index >= 15 is 0 Å². The van der Waals surface area contributed by atoms with E-state index < -0.39 is 35.5 Å². The number of carbonyl (C=O) groups excluding carboxylic acids is 3. The van der Waals surface area contributed by atoms with Gasteiger partial charge in [0, 0.05) is 18.3 Å². The van der Waals surface area contributed by atoms with Gasteiger partial charge in [-0.2, -0.15) is 0 Å². The SMILES string of the molecule is CC(C)CC(NC(=O)[C@H](Cc1ccccc1)NC(=O)[C@@H](N)CCc1ccccn1)C(=O)[C@@]1(C)CO1. The Balaban J connectivity index is 1.69. The molecule has 8 nitrogen and oxygen atoms in total. The summed E-state index contributed by atoms with van der Waals surface area (Å²) in [5.41, 5.74) is 7.03. The summed E-state index contributed by atoms with van der Waals surface area (Å²) in [6.45, 7) is 6.07. The average molecular weight is 481 g/mol. The molecule has 1 saturated heterocycles. The predicted molar refractivity (Wildman–Crippen MR) is 133 cm³/mol. The lowest BCUT2D eigenvalue weighted by molar-refractivity contribution is -0.133. The number of Topliss-reactive ketones (excluding diaryl/α,β-unsaturated/α-hetero) is 1. The Morgan fingerprint density at radius 3 is 2.29 bits per heavy atom. The van der Waals surface area contributed by atoms with Crippen LogP contribution in [-0.4, -0.2) is 52.9 Å². The van der Waals surface area contributed by atoms with Gasteiger partial charge in [-0.05, 0) is 49.8 Å². The number of nitrogens with two attached hydrogens (primary N) is 1. The molecule has 0 bridgehead atoms. The third kappa shape index (κ3) is 7.97. The molecule has 1 aliphatic heterocycles. The molecular weight excluding hydrogens is 444 g/mol. The van der Waals surface area contributed by atoms with E-state index in [0.717, 1.165) is 11.3 Å². The molecule has 2 amide bonds. The van der Waals surface area contributed by atoms with Gasteiger partial charge >= 0.3 is 0 Å². The minimum atomic E-state index is -0.874. The Morgan fingerprint density at radius 1 is 1.03 bits per heavy atom. The minimum absolute atomic E-state index is 0.142. The monoisotopic (exact) mass is 480 g/mol. The van der Waals surface area contributed by atoms with Crippen molar-refractivity contribution in [2.75, 3.05) is 6.61 Å². The Bertz CT molecular complexity index is 993. The van der Waals surface area contributed by atoms with E-state index in [0.29, 0.717) is 25.9 Å². The summed E-state index contributed by atoms with van der Waals surface area (Å²) >= 11 is 0. The van der Waals surface area contributed by atoms with Crippen LogP contribution in [0.25, 0.3) is 0 Å². The lowest BCUT2D eigenvalue weighted by Crippen LogP contribution is -2.56. The van der Waals surface area contributed by atoms with Crippen LogP contribution >= 0.6 is 0 Å². The largest absolute Gasteiger partial charge is 0.361 e. The fraction of sp³-hybridized carbons (Fsp3) is 0.481. The molecule has 0 radical (unpaired) electrons. The van der Waals surface area contributed by atoms with Gasteiger partial charge in [0.2, 0.25) is 11.8 Å². The topological polar surface area (TPSA) is 127 Å². The van der Waals surface area contributed by atoms with E-state index in [1.807, 2.05) is 62.4 Å². The van der Waals surface area contributed by atoms with Crippen molar-refractivity contribution in [1.82, 2.24) is 15.6 Å². The highest BCUT2D eigenvalue weighted by Crippen LogP contribution is 2.29. The number of benzene rings is 1. The van der Waals surface area contributed by atoms with Crippen LogP contribution in [0.5, 0.6) is 0 Å². The molecule has 0 aliphatic carbocycles. The predicted octanol–water partition coefficient (Wildman–Crippen LogP) is 1.96. The molecule has 1 aromatic carbocycles. The van der Waals surface area contributed by atoms with Crippen molar-refractivity contribution < 1.29 is 19.1 Å². The normalized spacial score (nSPS) is 19.5. The van der Waals surface area contributed by atoms with Crippen LogP contribution in [0.2, 0.25) is 0 Å². The van der Waals surface area contributed by atoms with Crippen LogP contribution < -0.4 is 16.4 Å². The number of hydrogen-bond acceptors (Lipinski definition) is 6. The molecular formula is C27H36N4O4. The second-order valence-corrected chi connectivity index (χ2v) is 9.79. The lowest BCUT2D eigenvalue weighted by atomic mass is 9.93. The molecule has 0 saturated carbocycles. The second kappa shape index (κ2) is 12.0. The number of ketones is 1. The quantitative estimate of drug-likeness (QED) is 0.376. The molecule has 4 N–H and O–H groups in total. The van der Waals surface area contributed by atoms with Gasteiger partial charge in [0.15, 0.2) is 5.78 Å². The zero-order chi connectivity index (χ0) is 25.4. The zero-order valence-corrected chi connectivity index (χ0v) is 20.7. The van der Waals surface area contributed by atoms with Crippen LogP contribution in [0.4, 0.5) is 0 Å². The third-order valence-electron chi connectivity index (χ3n) is 6.13. The number of amides is 2. The standard InChI is InChI=1S/C27H36N4O4/c1-18(2)15-22(24(32)27(3)17-35-27)30-26(34)23(16-19-9-5-4-6-10-19)31-25(33)21(28)13-12-20-11-7-8-14-29-20/h4-11,14,18,21-23H,12-13,15-17,28H2,1-3H3,(H,30,34)(H,31,33)/t21-,22?,23-,27+/m0/s1. The fourth-order valence-electron chi connectivity index (χ4n) is 3.91. The van der Waals surface area contributed by atoms with Crippen molar-refractivity contribution in [3.8, 4) is 0 Å². The molecule has 2 aromatic rings. The van der Waals surface area contributed by atoms with E-state index in [1.165, 1.54) is 0 Å². The number of rotatable bonds is 13. The molecule has 8 heteroatoms. The van der Waals surface area contributed by atoms with Gasteiger partial charge in [0.05, 0.1) is 18.7 Å². The van der Waals surface area contributed by atoms with E-state index in [-0.39, 0.29) is 18.1 Å². The van der Waals surface area contributed by atoms with Gasteiger partial charge in [-0.3, -0.25) is 19.4 Å². The van der Waals surface area contributed by atoms with E-state index in [2.05, 4.69) is 15.6 Å². The first-order valence-electron chi connectivity index (χ1n) is 12.2. The smallest absolute Gasteiger partial charge is 0.243 e. The van der Waals surface area contributed by atoms with Crippen LogP contribution in [0.3, 0.4) is 0 Å². The number of pyridine rings is 1. The fourth-order valence-corrected chi connectivity index (χ4v) is 3.91. The lowest BCUT2D eigenvalue weighted by Gasteiger charge is -2.26. The summed E-state index contributed by atoms with van der Waals surface area (Å²) in [5, 5.41) is 5.70. The summed E-state index contributed by atoms with van der Waals surface area (Å²) in [4.78, 5) is 43.5. The number of carbonyl (C=O) groups is 3. The summed E-state index contributed by atoms with van der Waals surface area (Å²) in [5.74, 6) is -0.784.